The Morgan fingerprint density at radius 3 is 2.93 bits per heavy atom. The van der Waals surface area contributed by atoms with Crippen LogP contribution in [0, 0.1) is 0 Å². The van der Waals surface area contributed by atoms with Crippen molar-refractivity contribution in [3.8, 4) is 0 Å². The van der Waals surface area contributed by atoms with Crippen LogP contribution in [-0.2, 0) is 9.53 Å². The number of carbonyl (C=O) groups excluding carboxylic acids is 1. The van der Waals surface area contributed by atoms with Gasteiger partial charge >= 0.3 is 5.97 Å². The first-order valence-corrected chi connectivity index (χ1v) is 5.31. The first-order chi connectivity index (χ1) is 6.68. The van der Waals surface area contributed by atoms with Gasteiger partial charge < -0.3 is 10.1 Å². The molecular formula is C10H20N2O2. The van der Waals surface area contributed by atoms with E-state index < -0.39 is 0 Å². The summed E-state index contributed by atoms with van der Waals surface area (Å²) in [5, 5.41) is 3.30. The first kappa shape index (κ1) is 11.5. The summed E-state index contributed by atoms with van der Waals surface area (Å²) in [6.45, 7) is 8.13. The molecule has 0 aliphatic carbocycles. The van der Waals surface area contributed by atoms with E-state index in [4.69, 9.17) is 4.74 Å². The number of nitrogens with zero attached hydrogens (tertiary/aromatic N) is 1. The fourth-order valence-electron chi connectivity index (χ4n) is 1.54. The van der Waals surface area contributed by atoms with Gasteiger partial charge in [-0.05, 0) is 33.4 Å². The largest absolute Gasteiger partial charge is 0.462 e. The first-order valence-electron chi connectivity index (χ1n) is 5.31. The Labute approximate surface area is 85.6 Å². The standard InChI is InChI=1S/C10H20N2O2/c1-9(2)14-10(13)8-12-6-3-4-11-5-7-12/h9,11H,3-8H2,1-2H3. The van der Waals surface area contributed by atoms with Crippen molar-refractivity contribution in [1.82, 2.24) is 10.2 Å². The second-order valence-electron chi connectivity index (χ2n) is 3.92. The second kappa shape index (κ2) is 5.98. The number of esters is 1. The molecule has 1 heterocycles. The van der Waals surface area contributed by atoms with Crippen LogP contribution in [0.5, 0.6) is 0 Å². The molecule has 0 aromatic heterocycles. The minimum atomic E-state index is -0.109. The van der Waals surface area contributed by atoms with Crippen LogP contribution in [0.3, 0.4) is 0 Å². The van der Waals surface area contributed by atoms with Gasteiger partial charge in [-0.1, -0.05) is 0 Å². The van der Waals surface area contributed by atoms with E-state index in [2.05, 4.69) is 10.2 Å². The highest BCUT2D eigenvalue weighted by molar-refractivity contribution is 5.71. The van der Waals surface area contributed by atoms with Crippen LogP contribution in [-0.4, -0.2) is 49.7 Å². The molecule has 4 nitrogen and oxygen atoms in total. The van der Waals surface area contributed by atoms with E-state index in [1.54, 1.807) is 0 Å². The Morgan fingerprint density at radius 1 is 1.43 bits per heavy atom. The van der Waals surface area contributed by atoms with Crippen molar-refractivity contribution < 1.29 is 9.53 Å². The minimum Gasteiger partial charge on any atom is -0.462 e. The molecule has 0 unspecified atom stereocenters. The van der Waals surface area contributed by atoms with Crippen LogP contribution in [0.2, 0.25) is 0 Å². The summed E-state index contributed by atoms with van der Waals surface area (Å²) >= 11 is 0. The molecule has 1 fully saturated rings. The Balaban J connectivity index is 2.23. The number of hydrogen-bond acceptors (Lipinski definition) is 4. The number of rotatable bonds is 3. The molecule has 4 heteroatoms. The maximum atomic E-state index is 11.3. The van der Waals surface area contributed by atoms with Crippen LogP contribution in [0.4, 0.5) is 0 Å². The third-order valence-electron chi connectivity index (χ3n) is 2.15. The summed E-state index contributed by atoms with van der Waals surface area (Å²) in [6, 6.07) is 0. The summed E-state index contributed by atoms with van der Waals surface area (Å²) in [7, 11) is 0. The number of nitrogens with one attached hydrogen (secondary N) is 1. The Morgan fingerprint density at radius 2 is 2.21 bits per heavy atom. The third-order valence-corrected chi connectivity index (χ3v) is 2.15. The number of carbonyl (C=O) groups is 1. The van der Waals surface area contributed by atoms with Crippen molar-refractivity contribution in [2.45, 2.75) is 26.4 Å². The predicted octanol–water partition coefficient (Wildman–Crippen LogP) is 0.233. The van der Waals surface area contributed by atoms with Gasteiger partial charge in [0, 0.05) is 13.1 Å². The average Bonchev–Trinajstić information content (AvgIpc) is 2.31. The van der Waals surface area contributed by atoms with Gasteiger partial charge in [0.15, 0.2) is 0 Å². The smallest absolute Gasteiger partial charge is 0.320 e. The van der Waals surface area contributed by atoms with Crippen molar-refractivity contribution in [2.75, 3.05) is 32.7 Å². The molecule has 0 aromatic rings. The topological polar surface area (TPSA) is 41.6 Å². The lowest BCUT2D eigenvalue weighted by molar-refractivity contribution is -0.148. The van der Waals surface area contributed by atoms with Gasteiger partial charge in [0.25, 0.3) is 0 Å². The van der Waals surface area contributed by atoms with Crippen molar-refractivity contribution in [3.63, 3.8) is 0 Å². The number of hydrogen-bond donors (Lipinski definition) is 1. The number of ether oxygens (including phenoxy) is 1. The van der Waals surface area contributed by atoms with E-state index in [0.717, 1.165) is 32.6 Å². The highest BCUT2D eigenvalue weighted by Gasteiger charge is 2.13. The lowest BCUT2D eigenvalue weighted by atomic mass is 10.4. The van der Waals surface area contributed by atoms with E-state index in [9.17, 15) is 4.79 Å². The molecule has 1 aliphatic rings. The summed E-state index contributed by atoms with van der Waals surface area (Å²) in [4.78, 5) is 13.5. The van der Waals surface area contributed by atoms with Gasteiger partial charge in [-0.15, -0.1) is 0 Å². The molecule has 0 aromatic carbocycles. The molecule has 1 rings (SSSR count). The average molecular weight is 200 g/mol. The zero-order chi connectivity index (χ0) is 10.4. The van der Waals surface area contributed by atoms with Gasteiger partial charge in [0.05, 0.1) is 12.6 Å². The Kier molecular flexibility index (Phi) is 4.90. The SMILES string of the molecule is CC(C)OC(=O)CN1CCCNCC1. The van der Waals surface area contributed by atoms with E-state index >= 15 is 0 Å². The maximum Gasteiger partial charge on any atom is 0.320 e. The fourth-order valence-corrected chi connectivity index (χ4v) is 1.54. The fraction of sp³-hybridized carbons (Fsp3) is 0.900. The minimum absolute atomic E-state index is 0.00685. The second-order valence-corrected chi connectivity index (χ2v) is 3.92. The summed E-state index contributed by atoms with van der Waals surface area (Å²) in [5.41, 5.74) is 0. The highest BCUT2D eigenvalue weighted by atomic mass is 16.5. The summed E-state index contributed by atoms with van der Waals surface area (Å²) < 4.78 is 5.09. The molecule has 0 bridgehead atoms. The van der Waals surface area contributed by atoms with Gasteiger partial charge in [-0.2, -0.15) is 0 Å². The van der Waals surface area contributed by atoms with E-state index in [0.29, 0.717) is 6.54 Å². The van der Waals surface area contributed by atoms with Crippen molar-refractivity contribution in [1.29, 1.82) is 0 Å². The molecule has 0 amide bonds. The Bertz CT molecular complexity index is 175. The van der Waals surface area contributed by atoms with Crippen LogP contribution < -0.4 is 5.32 Å². The molecule has 0 spiro atoms. The summed E-state index contributed by atoms with van der Waals surface area (Å²) in [6.07, 6.45) is 1.10. The van der Waals surface area contributed by atoms with Crippen LogP contribution in [0.25, 0.3) is 0 Å². The zero-order valence-corrected chi connectivity index (χ0v) is 9.08. The quantitative estimate of drug-likeness (QED) is 0.662. The van der Waals surface area contributed by atoms with Gasteiger partial charge in [-0.25, -0.2) is 0 Å². The molecule has 1 N–H and O–H groups in total. The van der Waals surface area contributed by atoms with Gasteiger partial charge in [-0.3, -0.25) is 9.69 Å². The van der Waals surface area contributed by atoms with Crippen molar-refractivity contribution in [2.24, 2.45) is 0 Å². The Hall–Kier alpha value is -0.610. The van der Waals surface area contributed by atoms with Crippen molar-refractivity contribution >= 4 is 5.97 Å². The lowest BCUT2D eigenvalue weighted by Gasteiger charge is -2.18. The van der Waals surface area contributed by atoms with E-state index in [1.165, 1.54) is 0 Å². The van der Waals surface area contributed by atoms with Gasteiger partial charge in [0.2, 0.25) is 0 Å². The predicted molar refractivity (Wildman–Crippen MR) is 55.2 cm³/mol. The van der Waals surface area contributed by atoms with E-state index in [1.807, 2.05) is 13.8 Å². The molecular weight excluding hydrogens is 180 g/mol. The van der Waals surface area contributed by atoms with Crippen LogP contribution in [0.15, 0.2) is 0 Å². The van der Waals surface area contributed by atoms with Gasteiger partial charge in [0.1, 0.15) is 0 Å². The molecule has 0 saturated carbocycles. The molecule has 1 aliphatic heterocycles. The molecule has 14 heavy (non-hydrogen) atoms. The van der Waals surface area contributed by atoms with E-state index in [-0.39, 0.29) is 12.1 Å². The molecule has 0 atom stereocenters. The highest BCUT2D eigenvalue weighted by Crippen LogP contribution is 1.97. The maximum absolute atomic E-state index is 11.3. The lowest BCUT2D eigenvalue weighted by Crippen LogP contribution is -2.34. The zero-order valence-electron chi connectivity index (χ0n) is 9.08. The normalized spacial score (nSPS) is 19.4. The van der Waals surface area contributed by atoms with Crippen LogP contribution >= 0.6 is 0 Å². The van der Waals surface area contributed by atoms with Crippen LogP contribution in [0.1, 0.15) is 20.3 Å². The molecule has 82 valence electrons. The third kappa shape index (κ3) is 4.58. The van der Waals surface area contributed by atoms with Crippen molar-refractivity contribution in [3.05, 3.63) is 0 Å². The molecule has 1 saturated heterocycles. The monoisotopic (exact) mass is 200 g/mol. The summed E-state index contributed by atoms with van der Waals surface area (Å²) in [5.74, 6) is -0.109. The molecule has 0 radical (unpaired) electrons.